The van der Waals surface area contributed by atoms with Crippen LogP contribution in [0.5, 0.6) is 11.5 Å². The first-order valence-corrected chi connectivity index (χ1v) is 12.5. The molecular weight excluding hydrogens is 471 g/mol. The van der Waals surface area contributed by atoms with Gasteiger partial charge in [0.25, 0.3) is 5.91 Å². The van der Waals surface area contributed by atoms with Crippen molar-refractivity contribution in [1.29, 1.82) is 0 Å². The summed E-state index contributed by atoms with van der Waals surface area (Å²) in [6.07, 6.45) is 1.37. The van der Waals surface area contributed by atoms with E-state index in [1.165, 1.54) is 16.4 Å². The predicted octanol–water partition coefficient (Wildman–Crippen LogP) is 3.23. The van der Waals surface area contributed by atoms with Crippen LogP contribution in [-0.2, 0) is 10.0 Å². The highest BCUT2D eigenvalue weighted by Gasteiger charge is 2.33. The van der Waals surface area contributed by atoms with Crippen LogP contribution in [0.1, 0.15) is 33.6 Å². The minimum absolute atomic E-state index is 0.0469. The van der Waals surface area contributed by atoms with Crippen molar-refractivity contribution < 1.29 is 27.1 Å². The Balaban J connectivity index is 1.28. The summed E-state index contributed by atoms with van der Waals surface area (Å²) in [5.41, 5.74) is 0.537. The van der Waals surface area contributed by atoms with E-state index < -0.39 is 21.7 Å². The Labute approximate surface area is 193 Å². The van der Waals surface area contributed by atoms with E-state index in [0.29, 0.717) is 35.2 Å². The molecule has 0 aliphatic carbocycles. The number of rotatable bonds is 5. The Hall–Kier alpha value is -3.09. The van der Waals surface area contributed by atoms with Crippen LogP contribution in [0.3, 0.4) is 0 Å². The smallest absolute Gasteiger partial charge is 0.286 e. The molecule has 0 saturated carbocycles. The van der Waals surface area contributed by atoms with Crippen molar-refractivity contribution in [2.75, 3.05) is 25.2 Å². The number of carbonyl (C=O) groups excluding carboxylic acids is 1. The van der Waals surface area contributed by atoms with Crippen LogP contribution in [-0.4, -0.2) is 48.7 Å². The molecule has 172 valence electrons. The van der Waals surface area contributed by atoms with Gasteiger partial charge in [0, 0.05) is 30.8 Å². The Morgan fingerprint density at radius 1 is 1.12 bits per heavy atom. The number of nitrogens with zero attached hydrogens (tertiary/aromatic N) is 3. The number of ether oxygens (including phenoxy) is 2. The number of halogens is 1. The Morgan fingerprint density at radius 2 is 1.91 bits per heavy atom. The van der Waals surface area contributed by atoms with Crippen LogP contribution in [0, 0.1) is 5.82 Å². The Kier molecular flexibility index (Phi) is 5.72. The number of aromatic nitrogens is 2. The highest BCUT2D eigenvalue weighted by Crippen LogP contribution is 2.35. The first-order valence-electron chi connectivity index (χ1n) is 10.2. The van der Waals surface area contributed by atoms with Gasteiger partial charge in [-0.25, -0.2) is 12.8 Å². The summed E-state index contributed by atoms with van der Waals surface area (Å²) in [5, 5.41) is 11.7. The lowest BCUT2D eigenvalue weighted by Crippen LogP contribution is -2.39. The van der Waals surface area contributed by atoms with Gasteiger partial charge < -0.3 is 14.8 Å². The zero-order chi connectivity index (χ0) is 23.0. The molecule has 5 rings (SSSR count). The maximum absolute atomic E-state index is 13.2. The minimum atomic E-state index is -3.75. The third-order valence-corrected chi connectivity index (χ3v) is 8.41. The number of nitrogens with one attached hydrogen (secondary N) is 1. The largest absolute Gasteiger partial charge is 0.454 e. The van der Waals surface area contributed by atoms with E-state index in [1.54, 1.807) is 18.2 Å². The van der Waals surface area contributed by atoms with Gasteiger partial charge in [-0.15, -0.1) is 10.2 Å². The predicted molar refractivity (Wildman–Crippen MR) is 118 cm³/mol. The highest BCUT2D eigenvalue weighted by atomic mass is 32.2. The maximum Gasteiger partial charge on any atom is 0.286 e. The van der Waals surface area contributed by atoms with Gasteiger partial charge in [-0.05, 0) is 49.2 Å². The van der Waals surface area contributed by atoms with E-state index in [0.717, 1.165) is 29.9 Å². The fourth-order valence-corrected chi connectivity index (χ4v) is 6.16. The highest BCUT2D eigenvalue weighted by molar-refractivity contribution is 7.89. The summed E-state index contributed by atoms with van der Waals surface area (Å²) < 4.78 is 51.1. The van der Waals surface area contributed by atoms with Gasteiger partial charge in [-0.1, -0.05) is 11.3 Å². The van der Waals surface area contributed by atoms with E-state index >= 15 is 0 Å². The molecule has 2 aliphatic heterocycles. The third kappa shape index (κ3) is 4.41. The number of piperidine rings is 1. The van der Waals surface area contributed by atoms with E-state index in [2.05, 4.69) is 15.5 Å². The lowest BCUT2D eigenvalue weighted by Gasteiger charge is -2.30. The minimum Gasteiger partial charge on any atom is -0.454 e. The first-order chi connectivity index (χ1) is 15.9. The van der Waals surface area contributed by atoms with Crippen LogP contribution in [0.2, 0.25) is 0 Å². The molecule has 2 aliphatic rings. The fourth-order valence-electron chi connectivity index (χ4n) is 3.77. The lowest BCUT2D eigenvalue weighted by molar-refractivity contribution is 0.102. The van der Waals surface area contributed by atoms with Gasteiger partial charge in [0.05, 0.1) is 4.90 Å². The average molecular weight is 491 g/mol. The molecular formula is C21H19FN4O5S2. The van der Waals surface area contributed by atoms with Gasteiger partial charge in [0.1, 0.15) is 10.8 Å². The summed E-state index contributed by atoms with van der Waals surface area (Å²) >= 11 is 1.14. The van der Waals surface area contributed by atoms with Crippen molar-refractivity contribution in [3.8, 4) is 11.5 Å². The summed E-state index contributed by atoms with van der Waals surface area (Å²) in [4.78, 5) is 12.7. The van der Waals surface area contributed by atoms with Gasteiger partial charge in [-0.2, -0.15) is 4.31 Å². The molecule has 1 saturated heterocycles. The lowest BCUT2D eigenvalue weighted by atomic mass is 10.0. The SMILES string of the molecule is O=C(Nc1ccc2c(c1)OCO2)c1nnc(C2CCCN(S(=O)(=O)c3ccc(F)cc3)C2)s1. The molecule has 9 nitrogen and oxygen atoms in total. The second-order valence-corrected chi connectivity index (χ2v) is 10.6. The molecule has 2 aromatic carbocycles. The number of anilines is 1. The third-order valence-electron chi connectivity index (χ3n) is 5.45. The van der Waals surface area contributed by atoms with Crippen molar-refractivity contribution in [2.45, 2.75) is 23.7 Å². The van der Waals surface area contributed by atoms with Crippen molar-refractivity contribution in [2.24, 2.45) is 0 Å². The van der Waals surface area contributed by atoms with Gasteiger partial charge >= 0.3 is 0 Å². The van der Waals surface area contributed by atoms with Crippen LogP contribution in [0.4, 0.5) is 10.1 Å². The van der Waals surface area contributed by atoms with Gasteiger partial charge in [-0.3, -0.25) is 4.79 Å². The molecule has 3 heterocycles. The van der Waals surface area contributed by atoms with Crippen molar-refractivity contribution in [1.82, 2.24) is 14.5 Å². The van der Waals surface area contributed by atoms with Crippen molar-refractivity contribution in [3.63, 3.8) is 0 Å². The Morgan fingerprint density at radius 3 is 2.73 bits per heavy atom. The normalized spacial score (nSPS) is 18.3. The molecule has 1 fully saturated rings. The molecule has 12 heteroatoms. The van der Waals surface area contributed by atoms with Crippen molar-refractivity contribution >= 4 is 33.0 Å². The molecule has 1 amide bonds. The molecule has 0 bridgehead atoms. The molecule has 1 N–H and O–H groups in total. The number of hydrogen-bond donors (Lipinski definition) is 1. The van der Waals surface area contributed by atoms with Gasteiger partial charge in [0.15, 0.2) is 11.5 Å². The molecule has 1 atom stereocenters. The number of hydrogen-bond acceptors (Lipinski definition) is 8. The molecule has 33 heavy (non-hydrogen) atoms. The topological polar surface area (TPSA) is 111 Å². The van der Waals surface area contributed by atoms with Crippen LogP contribution in [0.15, 0.2) is 47.4 Å². The van der Waals surface area contributed by atoms with E-state index in [1.807, 2.05) is 0 Å². The molecule has 1 unspecified atom stereocenters. The summed E-state index contributed by atoms with van der Waals surface area (Å²) in [6.45, 7) is 0.729. The number of sulfonamides is 1. The fraction of sp³-hybridized carbons (Fsp3) is 0.286. The zero-order valence-electron chi connectivity index (χ0n) is 17.2. The van der Waals surface area contributed by atoms with Crippen LogP contribution in [0.25, 0.3) is 0 Å². The maximum atomic E-state index is 13.2. The van der Waals surface area contributed by atoms with Gasteiger partial charge in [0.2, 0.25) is 21.8 Å². The monoisotopic (exact) mass is 490 g/mol. The van der Waals surface area contributed by atoms with Crippen LogP contribution >= 0.6 is 11.3 Å². The second-order valence-electron chi connectivity index (χ2n) is 7.62. The standard InChI is InChI=1S/C21H19FN4O5S2/c22-14-3-6-16(7-4-14)33(28,29)26-9-1-2-13(11-26)20-24-25-21(32-20)19(27)23-15-5-8-17-18(10-15)31-12-30-17/h3-8,10,13H,1-2,9,11-12H2,(H,23,27). The van der Waals surface area contributed by atoms with E-state index in [9.17, 15) is 17.6 Å². The zero-order valence-corrected chi connectivity index (χ0v) is 18.9. The first kappa shape index (κ1) is 21.7. The number of amides is 1. The molecule has 0 spiro atoms. The molecule has 3 aromatic rings. The van der Waals surface area contributed by atoms with E-state index in [4.69, 9.17) is 9.47 Å². The second kappa shape index (κ2) is 8.69. The van der Waals surface area contributed by atoms with E-state index in [-0.39, 0.29) is 29.2 Å². The van der Waals surface area contributed by atoms with Crippen LogP contribution < -0.4 is 14.8 Å². The summed E-state index contributed by atoms with van der Waals surface area (Å²) in [7, 11) is -3.75. The number of fused-ring (bicyclic) bond motifs is 1. The summed E-state index contributed by atoms with van der Waals surface area (Å²) in [6, 6.07) is 9.86. The van der Waals surface area contributed by atoms with Crippen molar-refractivity contribution in [3.05, 3.63) is 58.3 Å². The molecule has 0 radical (unpaired) electrons. The number of carbonyl (C=O) groups is 1. The Bertz CT molecular complexity index is 1300. The average Bonchev–Trinajstić information content (AvgIpc) is 3.49. The number of benzene rings is 2. The quantitative estimate of drug-likeness (QED) is 0.585. The molecule has 1 aromatic heterocycles. The summed E-state index contributed by atoms with van der Waals surface area (Å²) in [5.74, 6) is 0.0766.